The third kappa shape index (κ3) is 12.2. The minimum atomic E-state index is 0.581. The van der Waals surface area contributed by atoms with E-state index in [1.165, 1.54) is 42.5 Å². The Morgan fingerprint density at radius 3 is 2.24 bits per heavy atom. The fourth-order valence-corrected chi connectivity index (χ4v) is 6.16. The lowest BCUT2D eigenvalue weighted by atomic mass is 10.1. The molecule has 2 N–H and O–H groups in total. The quantitative estimate of drug-likeness (QED) is 0.0784. The first-order valence-corrected chi connectivity index (χ1v) is 17.3. The molecule has 45 heavy (non-hydrogen) atoms. The zero-order chi connectivity index (χ0) is 31.7. The monoisotopic (exact) mass is 612 g/mol. The molecule has 0 unspecified atom stereocenters. The number of unbranched alkanes of at least 4 members (excludes halogenated alkanes) is 1. The van der Waals surface area contributed by atoms with Gasteiger partial charge in [0.15, 0.2) is 0 Å². The number of nitrogen functional groups attached to an aromatic ring is 1. The van der Waals surface area contributed by atoms with Crippen LogP contribution in [0.25, 0.3) is 0 Å². The summed E-state index contributed by atoms with van der Waals surface area (Å²) >= 11 is 0. The lowest BCUT2D eigenvalue weighted by Gasteiger charge is -2.26. The average Bonchev–Trinajstić information content (AvgIpc) is 3.58. The zero-order valence-electron chi connectivity index (χ0n) is 28.1. The molecule has 0 amide bonds. The molecule has 6 heteroatoms. The van der Waals surface area contributed by atoms with Crippen LogP contribution in [0.4, 0.5) is 11.4 Å². The SMILES string of the molecule is CCCCC(CN(Cc1ccc(OCc2ccccc2)cc1)CC1CCCC1)=Nc1ccc(OCCCN(CC)CC)cc1N. The lowest BCUT2D eigenvalue weighted by molar-refractivity contribution is 0.249. The van der Waals surface area contributed by atoms with Gasteiger partial charge in [-0.15, -0.1) is 0 Å². The van der Waals surface area contributed by atoms with Crippen molar-refractivity contribution in [2.24, 2.45) is 10.9 Å². The van der Waals surface area contributed by atoms with Crippen molar-refractivity contribution in [2.75, 3.05) is 45.1 Å². The lowest BCUT2D eigenvalue weighted by Crippen LogP contribution is -2.33. The molecule has 0 aromatic heterocycles. The van der Waals surface area contributed by atoms with Crippen molar-refractivity contribution in [3.63, 3.8) is 0 Å². The number of anilines is 1. The van der Waals surface area contributed by atoms with Gasteiger partial charge in [-0.1, -0.05) is 82.5 Å². The van der Waals surface area contributed by atoms with Crippen molar-refractivity contribution in [1.82, 2.24) is 9.80 Å². The number of rotatable bonds is 20. The second kappa shape index (κ2) is 19.2. The third-order valence-electron chi connectivity index (χ3n) is 8.85. The molecule has 1 saturated carbocycles. The van der Waals surface area contributed by atoms with E-state index in [0.29, 0.717) is 18.9 Å². The van der Waals surface area contributed by atoms with Crippen LogP contribution in [-0.4, -0.2) is 54.8 Å². The highest BCUT2D eigenvalue weighted by atomic mass is 16.5. The van der Waals surface area contributed by atoms with Gasteiger partial charge in [0, 0.05) is 38.0 Å². The molecule has 3 aromatic rings. The van der Waals surface area contributed by atoms with E-state index in [9.17, 15) is 0 Å². The summed E-state index contributed by atoms with van der Waals surface area (Å²) in [4.78, 5) is 10.2. The standard InChI is InChI=1S/C39H56N4O2/c1-4-7-18-35(41-39-24-23-37(27-38(39)40)44-26-13-25-42(5-2)6-3)30-43(28-32-14-11-12-15-32)29-33-19-21-36(22-20-33)45-31-34-16-9-8-10-17-34/h8-10,16-17,19-24,27,32H,4-7,11-15,18,25-26,28-31,40H2,1-3H3. The zero-order valence-corrected chi connectivity index (χ0v) is 28.1. The Morgan fingerprint density at radius 1 is 0.822 bits per heavy atom. The highest BCUT2D eigenvalue weighted by molar-refractivity contribution is 5.90. The van der Waals surface area contributed by atoms with Gasteiger partial charge in [-0.05, 0) is 86.5 Å². The van der Waals surface area contributed by atoms with Gasteiger partial charge in [0.1, 0.15) is 18.1 Å². The summed E-state index contributed by atoms with van der Waals surface area (Å²) in [5, 5.41) is 0. The Bertz CT molecular complexity index is 1270. The predicted molar refractivity (Wildman–Crippen MR) is 190 cm³/mol. The van der Waals surface area contributed by atoms with Gasteiger partial charge in [-0.3, -0.25) is 9.89 Å². The van der Waals surface area contributed by atoms with Crippen molar-refractivity contribution >= 4 is 17.1 Å². The van der Waals surface area contributed by atoms with Gasteiger partial charge in [0.05, 0.1) is 18.0 Å². The number of benzene rings is 3. The first kappa shape index (κ1) is 34.5. The van der Waals surface area contributed by atoms with E-state index >= 15 is 0 Å². The molecule has 0 aliphatic heterocycles. The van der Waals surface area contributed by atoms with Gasteiger partial charge in [0.25, 0.3) is 0 Å². The fourth-order valence-electron chi connectivity index (χ4n) is 6.16. The van der Waals surface area contributed by atoms with Crippen LogP contribution < -0.4 is 15.2 Å². The maximum absolute atomic E-state index is 6.54. The van der Waals surface area contributed by atoms with E-state index < -0.39 is 0 Å². The van der Waals surface area contributed by atoms with Gasteiger partial charge in [-0.25, -0.2) is 0 Å². The molecule has 0 atom stereocenters. The van der Waals surface area contributed by atoms with Crippen LogP contribution in [0, 0.1) is 5.92 Å². The summed E-state index contributed by atoms with van der Waals surface area (Å²) in [5.41, 5.74) is 11.7. The van der Waals surface area contributed by atoms with Crippen LogP contribution >= 0.6 is 0 Å². The van der Waals surface area contributed by atoms with Gasteiger partial charge in [0.2, 0.25) is 0 Å². The number of hydrogen-bond acceptors (Lipinski definition) is 6. The normalized spacial score (nSPS) is 14.0. The molecule has 4 rings (SSSR count). The molecule has 1 aliphatic rings. The van der Waals surface area contributed by atoms with E-state index in [1.807, 2.05) is 36.4 Å². The Labute approximate surface area is 272 Å². The van der Waals surface area contributed by atoms with Crippen LogP contribution in [0.3, 0.4) is 0 Å². The molecule has 1 fully saturated rings. The van der Waals surface area contributed by atoms with Crippen molar-refractivity contribution in [2.45, 2.75) is 85.3 Å². The largest absolute Gasteiger partial charge is 0.493 e. The second-order valence-corrected chi connectivity index (χ2v) is 12.5. The Hall–Kier alpha value is -3.35. The summed E-state index contributed by atoms with van der Waals surface area (Å²) in [6.07, 6.45) is 9.60. The summed E-state index contributed by atoms with van der Waals surface area (Å²) in [6, 6.07) is 24.9. The van der Waals surface area contributed by atoms with Crippen molar-refractivity contribution in [1.29, 1.82) is 0 Å². The van der Waals surface area contributed by atoms with Crippen LogP contribution in [-0.2, 0) is 13.2 Å². The second-order valence-electron chi connectivity index (χ2n) is 12.5. The smallest absolute Gasteiger partial charge is 0.121 e. The van der Waals surface area contributed by atoms with Crippen molar-refractivity contribution < 1.29 is 9.47 Å². The number of hydrogen-bond donors (Lipinski definition) is 1. The predicted octanol–water partition coefficient (Wildman–Crippen LogP) is 8.91. The number of nitrogens with two attached hydrogens (primary N) is 1. The molecule has 0 heterocycles. The number of ether oxygens (including phenoxy) is 2. The molecule has 0 bridgehead atoms. The number of nitrogens with zero attached hydrogens (tertiary/aromatic N) is 3. The van der Waals surface area contributed by atoms with Crippen molar-refractivity contribution in [3.8, 4) is 11.5 Å². The molecule has 244 valence electrons. The molecule has 3 aromatic carbocycles. The van der Waals surface area contributed by atoms with Crippen molar-refractivity contribution in [3.05, 3.63) is 83.9 Å². The molecule has 1 aliphatic carbocycles. The molecule has 0 spiro atoms. The van der Waals surface area contributed by atoms with E-state index in [1.54, 1.807) is 0 Å². The Morgan fingerprint density at radius 2 is 1.56 bits per heavy atom. The Kier molecular flexibility index (Phi) is 14.8. The topological polar surface area (TPSA) is 63.3 Å². The van der Waals surface area contributed by atoms with Gasteiger partial charge >= 0.3 is 0 Å². The number of aliphatic imine (C=N–C) groups is 1. The third-order valence-corrected chi connectivity index (χ3v) is 8.85. The molecular formula is C39H56N4O2. The average molecular weight is 613 g/mol. The van der Waals surface area contributed by atoms with Gasteiger partial charge < -0.3 is 20.1 Å². The summed E-state index contributed by atoms with van der Waals surface area (Å²) in [7, 11) is 0. The minimum absolute atomic E-state index is 0.581. The summed E-state index contributed by atoms with van der Waals surface area (Å²) < 4.78 is 12.1. The summed E-state index contributed by atoms with van der Waals surface area (Å²) in [6.45, 7) is 14.0. The fraction of sp³-hybridized carbons (Fsp3) is 0.513. The highest BCUT2D eigenvalue weighted by Gasteiger charge is 2.20. The first-order chi connectivity index (χ1) is 22.1. The van der Waals surface area contributed by atoms with E-state index in [4.69, 9.17) is 20.2 Å². The first-order valence-electron chi connectivity index (χ1n) is 17.3. The van der Waals surface area contributed by atoms with Crippen LogP contribution in [0.2, 0.25) is 0 Å². The van der Waals surface area contributed by atoms with E-state index in [0.717, 1.165) is 88.1 Å². The van der Waals surface area contributed by atoms with Gasteiger partial charge in [-0.2, -0.15) is 0 Å². The summed E-state index contributed by atoms with van der Waals surface area (Å²) in [5.74, 6) is 2.48. The molecule has 0 saturated heterocycles. The molecule has 0 radical (unpaired) electrons. The van der Waals surface area contributed by atoms with Crippen LogP contribution in [0.15, 0.2) is 77.8 Å². The van der Waals surface area contributed by atoms with Crippen LogP contribution in [0.5, 0.6) is 11.5 Å². The van der Waals surface area contributed by atoms with Crippen LogP contribution in [0.1, 0.15) is 83.3 Å². The van der Waals surface area contributed by atoms with E-state index in [2.05, 4.69) is 67.0 Å². The van der Waals surface area contributed by atoms with E-state index in [-0.39, 0.29) is 0 Å². The maximum Gasteiger partial charge on any atom is 0.121 e. The molecular weight excluding hydrogens is 556 g/mol. The minimum Gasteiger partial charge on any atom is -0.493 e. The maximum atomic E-state index is 6.54. The highest BCUT2D eigenvalue weighted by Crippen LogP contribution is 2.29. The molecule has 6 nitrogen and oxygen atoms in total. The Balaban J connectivity index is 1.41.